The van der Waals surface area contributed by atoms with Crippen molar-refractivity contribution in [3.05, 3.63) is 40.4 Å². The smallest absolute Gasteiger partial charge is 0.264 e. The lowest BCUT2D eigenvalue weighted by molar-refractivity contribution is 0.570. The largest absolute Gasteiger partial charge is 0.276 e. The zero-order valence-electron chi connectivity index (χ0n) is 10.9. The van der Waals surface area contributed by atoms with Gasteiger partial charge in [0.15, 0.2) is 0 Å². The second-order valence-corrected chi connectivity index (χ2v) is 6.76. The Balaban J connectivity index is 2.40. The van der Waals surface area contributed by atoms with Crippen LogP contribution < -0.4 is 4.72 Å². The molecule has 0 aliphatic carbocycles. The molecule has 8 heteroatoms. The van der Waals surface area contributed by atoms with Crippen LogP contribution >= 0.6 is 15.9 Å². The van der Waals surface area contributed by atoms with Crippen molar-refractivity contribution in [2.45, 2.75) is 18.2 Å². The van der Waals surface area contributed by atoms with Crippen molar-refractivity contribution in [2.75, 3.05) is 4.72 Å². The van der Waals surface area contributed by atoms with Gasteiger partial charge in [0.1, 0.15) is 10.7 Å². The molecule has 0 aliphatic heterocycles. The fourth-order valence-electron chi connectivity index (χ4n) is 1.77. The van der Waals surface area contributed by atoms with Gasteiger partial charge >= 0.3 is 0 Å². The Bertz CT molecular complexity index is 743. The number of benzene rings is 1. The van der Waals surface area contributed by atoms with E-state index in [1.54, 1.807) is 13.2 Å². The number of aryl methyl sites for hydroxylation is 2. The lowest BCUT2D eigenvalue weighted by Crippen LogP contribution is -2.15. The minimum Gasteiger partial charge on any atom is -0.276 e. The standard InChI is InChI=1S/C12H13BrFN3O2S/c1-3-10-11(7-17(2)15-10)16-20(18,19)12-5-4-8(13)6-9(12)14/h4-7,16H,3H2,1-2H3. The van der Waals surface area contributed by atoms with E-state index in [0.29, 0.717) is 22.3 Å². The molecule has 0 saturated carbocycles. The van der Waals surface area contributed by atoms with Gasteiger partial charge in [-0.25, -0.2) is 12.8 Å². The molecule has 0 aliphatic rings. The SMILES string of the molecule is CCc1nn(C)cc1NS(=O)(=O)c1ccc(Br)cc1F. The maximum Gasteiger partial charge on any atom is 0.264 e. The van der Waals surface area contributed by atoms with E-state index >= 15 is 0 Å². The second-order valence-electron chi connectivity index (χ2n) is 4.20. The molecule has 0 atom stereocenters. The van der Waals surface area contributed by atoms with Gasteiger partial charge in [0, 0.05) is 17.7 Å². The van der Waals surface area contributed by atoms with Crippen molar-refractivity contribution in [2.24, 2.45) is 7.05 Å². The minimum absolute atomic E-state index is 0.359. The average molecular weight is 362 g/mol. The van der Waals surface area contributed by atoms with Crippen LogP contribution in [0.15, 0.2) is 33.8 Å². The summed E-state index contributed by atoms with van der Waals surface area (Å²) in [5.74, 6) is -0.811. The van der Waals surface area contributed by atoms with E-state index in [1.165, 1.54) is 16.8 Å². The number of nitrogens with one attached hydrogen (secondary N) is 1. The third kappa shape index (κ3) is 3.01. The van der Waals surface area contributed by atoms with E-state index < -0.39 is 20.7 Å². The highest BCUT2D eigenvalue weighted by Crippen LogP contribution is 2.23. The van der Waals surface area contributed by atoms with Crippen molar-refractivity contribution in [3.63, 3.8) is 0 Å². The molecule has 2 aromatic rings. The molecule has 1 aromatic carbocycles. The molecule has 0 unspecified atom stereocenters. The molecule has 20 heavy (non-hydrogen) atoms. The Hall–Kier alpha value is -1.41. The summed E-state index contributed by atoms with van der Waals surface area (Å²) in [6.07, 6.45) is 2.12. The van der Waals surface area contributed by atoms with Crippen LogP contribution in [0.25, 0.3) is 0 Å². The summed E-state index contributed by atoms with van der Waals surface area (Å²) in [4.78, 5) is -0.397. The van der Waals surface area contributed by atoms with Gasteiger partial charge in [0.25, 0.3) is 10.0 Å². The van der Waals surface area contributed by atoms with Gasteiger partial charge in [-0.3, -0.25) is 9.40 Å². The predicted molar refractivity (Wildman–Crippen MR) is 77.5 cm³/mol. The Labute approximate surface area is 125 Å². The van der Waals surface area contributed by atoms with Crippen molar-refractivity contribution in [3.8, 4) is 0 Å². The molecular formula is C12H13BrFN3O2S. The summed E-state index contributed by atoms with van der Waals surface area (Å²) in [5.41, 5.74) is 0.964. The topological polar surface area (TPSA) is 64.0 Å². The number of anilines is 1. The molecule has 0 bridgehead atoms. The number of sulfonamides is 1. The van der Waals surface area contributed by atoms with Crippen LogP contribution in [0.2, 0.25) is 0 Å². The summed E-state index contributed by atoms with van der Waals surface area (Å²) < 4.78 is 42.5. The Morgan fingerprint density at radius 3 is 2.75 bits per heavy atom. The summed E-state index contributed by atoms with van der Waals surface area (Å²) in [6, 6.07) is 3.80. The quantitative estimate of drug-likeness (QED) is 0.910. The number of nitrogens with zero attached hydrogens (tertiary/aromatic N) is 2. The fraction of sp³-hybridized carbons (Fsp3) is 0.250. The maximum atomic E-state index is 13.8. The van der Waals surface area contributed by atoms with Gasteiger partial charge in [-0.15, -0.1) is 0 Å². The van der Waals surface area contributed by atoms with Crippen molar-refractivity contribution in [1.82, 2.24) is 9.78 Å². The molecule has 0 amide bonds. The van der Waals surface area contributed by atoms with Crippen LogP contribution in [-0.2, 0) is 23.5 Å². The maximum absolute atomic E-state index is 13.8. The van der Waals surface area contributed by atoms with Gasteiger partial charge < -0.3 is 0 Å². The summed E-state index contributed by atoms with van der Waals surface area (Å²) in [7, 11) is -2.29. The molecule has 1 N–H and O–H groups in total. The van der Waals surface area contributed by atoms with Crippen molar-refractivity contribution in [1.29, 1.82) is 0 Å². The zero-order valence-corrected chi connectivity index (χ0v) is 13.3. The zero-order chi connectivity index (χ0) is 14.9. The Kier molecular flexibility index (Phi) is 4.14. The van der Waals surface area contributed by atoms with Crippen LogP contribution in [-0.4, -0.2) is 18.2 Å². The summed E-state index contributed by atoms with van der Waals surface area (Å²) in [5, 5.41) is 4.13. The lowest BCUT2D eigenvalue weighted by atomic mass is 10.3. The third-order valence-corrected chi connectivity index (χ3v) is 4.56. The van der Waals surface area contributed by atoms with E-state index in [0.717, 1.165) is 6.07 Å². The van der Waals surface area contributed by atoms with Gasteiger partial charge in [0.2, 0.25) is 0 Å². The molecular weight excluding hydrogens is 349 g/mol. The lowest BCUT2D eigenvalue weighted by Gasteiger charge is -2.08. The van der Waals surface area contributed by atoms with Crippen LogP contribution in [0.3, 0.4) is 0 Å². The first-order valence-corrected chi connectivity index (χ1v) is 8.11. The number of hydrogen-bond acceptors (Lipinski definition) is 3. The number of rotatable bonds is 4. The van der Waals surface area contributed by atoms with E-state index in [1.807, 2.05) is 6.92 Å². The molecule has 2 rings (SSSR count). The fourth-order valence-corrected chi connectivity index (χ4v) is 3.24. The number of aromatic nitrogens is 2. The Morgan fingerprint density at radius 2 is 2.15 bits per heavy atom. The third-order valence-electron chi connectivity index (χ3n) is 2.67. The molecule has 0 spiro atoms. The average Bonchev–Trinajstić information content (AvgIpc) is 2.67. The van der Waals surface area contributed by atoms with Crippen LogP contribution in [0.1, 0.15) is 12.6 Å². The minimum atomic E-state index is -3.98. The Morgan fingerprint density at radius 1 is 1.45 bits per heavy atom. The molecule has 0 fully saturated rings. The molecule has 0 radical (unpaired) electrons. The van der Waals surface area contributed by atoms with E-state index in [2.05, 4.69) is 25.8 Å². The molecule has 1 aromatic heterocycles. The van der Waals surface area contributed by atoms with E-state index in [-0.39, 0.29) is 0 Å². The van der Waals surface area contributed by atoms with Crippen LogP contribution in [0, 0.1) is 5.82 Å². The first-order valence-electron chi connectivity index (χ1n) is 5.84. The van der Waals surface area contributed by atoms with Gasteiger partial charge in [-0.2, -0.15) is 5.10 Å². The summed E-state index contributed by atoms with van der Waals surface area (Å²) in [6.45, 7) is 1.86. The van der Waals surface area contributed by atoms with E-state index in [4.69, 9.17) is 0 Å². The highest BCUT2D eigenvalue weighted by Gasteiger charge is 2.21. The van der Waals surface area contributed by atoms with Crippen LogP contribution in [0.4, 0.5) is 10.1 Å². The molecule has 108 valence electrons. The van der Waals surface area contributed by atoms with Gasteiger partial charge in [-0.05, 0) is 24.6 Å². The molecule has 1 heterocycles. The predicted octanol–water partition coefficient (Wildman–Crippen LogP) is 2.68. The van der Waals surface area contributed by atoms with Crippen molar-refractivity contribution < 1.29 is 12.8 Å². The van der Waals surface area contributed by atoms with Gasteiger partial charge in [0.05, 0.1) is 11.4 Å². The van der Waals surface area contributed by atoms with E-state index in [9.17, 15) is 12.8 Å². The van der Waals surface area contributed by atoms with Crippen LogP contribution in [0.5, 0.6) is 0 Å². The highest BCUT2D eigenvalue weighted by atomic mass is 79.9. The normalized spacial score (nSPS) is 11.6. The first kappa shape index (κ1) is 15.0. The summed E-state index contributed by atoms with van der Waals surface area (Å²) >= 11 is 3.09. The number of halogens is 2. The first-order chi connectivity index (χ1) is 9.33. The van der Waals surface area contributed by atoms with Crippen molar-refractivity contribution >= 4 is 31.6 Å². The number of hydrogen-bond donors (Lipinski definition) is 1. The highest BCUT2D eigenvalue weighted by molar-refractivity contribution is 9.10. The molecule has 5 nitrogen and oxygen atoms in total. The van der Waals surface area contributed by atoms with Gasteiger partial charge in [-0.1, -0.05) is 22.9 Å². The molecule has 0 saturated heterocycles. The monoisotopic (exact) mass is 361 g/mol. The second kappa shape index (κ2) is 5.53.